The van der Waals surface area contributed by atoms with Crippen LogP contribution in [-0.4, -0.2) is 56.8 Å². The van der Waals surface area contributed by atoms with Crippen molar-refractivity contribution in [1.29, 1.82) is 0 Å². The molecule has 59 heavy (non-hydrogen) atoms. The van der Waals surface area contributed by atoms with E-state index in [4.69, 9.17) is 9.47 Å². The number of aryl methyl sites for hydroxylation is 1. The fraction of sp³-hybridized carbons (Fsp3) is 0.462. The number of carbonyl (C=O) groups is 1. The summed E-state index contributed by atoms with van der Waals surface area (Å²) in [5.74, 6) is 1.50. The van der Waals surface area contributed by atoms with Gasteiger partial charge in [0.2, 0.25) is 5.69 Å². The average molecular weight is 797 g/mol. The topological polar surface area (TPSA) is 65.2 Å². The monoisotopic (exact) mass is 797 g/mol. The van der Waals surface area contributed by atoms with E-state index in [9.17, 15) is 10.0 Å². The maximum absolute atomic E-state index is 13.0. The first-order valence-electron chi connectivity index (χ1n) is 21.9. The van der Waals surface area contributed by atoms with E-state index in [2.05, 4.69) is 136 Å². The van der Waals surface area contributed by atoms with Gasteiger partial charge in [-0.2, -0.15) is 9.64 Å². The fourth-order valence-corrected chi connectivity index (χ4v) is 10.3. The van der Waals surface area contributed by atoms with Gasteiger partial charge in [-0.05, 0) is 134 Å². The summed E-state index contributed by atoms with van der Waals surface area (Å²) >= 11 is 0. The molecule has 0 saturated carbocycles. The minimum atomic E-state index is -0.472. The van der Waals surface area contributed by atoms with Crippen LogP contribution in [0.1, 0.15) is 124 Å². The molecule has 0 atom stereocenters. The zero-order valence-electron chi connectivity index (χ0n) is 37.2. The van der Waals surface area contributed by atoms with Gasteiger partial charge in [-0.1, -0.05) is 68.5 Å². The minimum absolute atomic E-state index is 0.123. The molecule has 1 aliphatic carbocycles. The highest BCUT2D eigenvalue weighted by molar-refractivity contribution is 6.03. The Morgan fingerprint density at radius 2 is 1.47 bits per heavy atom. The number of anilines is 1. The highest BCUT2D eigenvalue weighted by Crippen LogP contribution is 2.48. The van der Waals surface area contributed by atoms with E-state index in [-0.39, 0.29) is 22.9 Å². The van der Waals surface area contributed by atoms with Crippen LogP contribution in [0, 0.1) is 0 Å². The number of likely N-dealkylation sites (N-methyl/N-ethyl adjacent to an activating group) is 1. The molecule has 0 aromatic heterocycles. The summed E-state index contributed by atoms with van der Waals surface area (Å²) in [4.78, 5) is 15.5. The van der Waals surface area contributed by atoms with Gasteiger partial charge in [0.15, 0.2) is 5.71 Å². The summed E-state index contributed by atoms with van der Waals surface area (Å²) in [5, 5.41) is 12.1. The Bertz CT molecular complexity index is 2210. The van der Waals surface area contributed by atoms with Gasteiger partial charge in [-0.3, -0.25) is 4.79 Å². The second-order valence-electron chi connectivity index (χ2n) is 19.1. The number of benzene rings is 3. The molecule has 0 spiro atoms. The van der Waals surface area contributed by atoms with Gasteiger partial charge in [0.05, 0.1) is 5.41 Å². The molecular formula is C52H66N3O4+. The quantitative estimate of drug-likeness (QED) is 0.154. The van der Waals surface area contributed by atoms with E-state index < -0.39 is 11.1 Å². The fourth-order valence-electron chi connectivity index (χ4n) is 10.3. The zero-order chi connectivity index (χ0) is 42.3. The van der Waals surface area contributed by atoms with Crippen LogP contribution in [0.5, 0.6) is 5.75 Å². The summed E-state index contributed by atoms with van der Waals surface area (Å²) in [5.41, 5.74) is 10.1. The van der Waals surface area contributed by atoms with E-state index in [1.54, 1.807) is 0 Å². The maximum atomic E-state index is 13.0. The molecule has 7 rings (SSSR count). The van der Waals surface area contributed by atoms with Gasteiger partial charge < -0.3 is 19.6 Å². The molecule has 3 aromatic carbocycles. The Kier molecular flexibility index (Phi) is 11.8. The first-order valence-corrected chi connectivity index (χ1v) is 21.9. The lowest BCUT2D eigenvalue weighted by atomic mass is 9.80. The molecule has 3 aromatic rings. The zero-order valence-corrected chi connectivity index (χ0v) is 37.2. The van der Waals surface area contributed by atoms with E-state index in [0.717, 1.165) is 49.4 Å². The Morgan fingerprint density at radius 1 is 0.814 bits per heavy atom. The molecule has 0 bridgehead atoms. The van der Waals surface area contributed by atoms with Gasteiger partial charge >= 0.3 is 5.97 Å². The minimum Gasteiger partial charge on any atom is -0.462 e. The predicted molar refractivity (Wildman–Crippen MR) is 240 cm³/mol. The predicted octanol–water partition coefficient (Wildman–Crippen LogP) is 11.7. The molecule has 7 nitrogen and oxygen atoms in total. The molecule has 3 aliphatic heterocycles. The molecule has 0 amide bonds. The van der Waals surface area contributed by atoms with Crippen molar-refractivity contribution in [3.63, 3.8) is 0 Å². The first-order chi connectivity index (χ1) is 28.0. The number of esters is 1. The van der Waals surface area contributed by atoms with Crippen LogP contribution in [0.4, 0.5) is 11.4 Å². The van der Waals surface area contributed by atoms with Crippen LogP contribution in [0.25, 0.3) is 0 Å². The number of hydrogen-bond acceptors (Lipinski definition) is 6. The molecule has 1 saturated heterocycles. The van der Waals surface area contributed by atoms with Crippen molar-refractivity contribution in [2.75, 3.05) is 18.0 Å². The highest BCUT2D eigenvalue weighted by atomic mass is 16.5. The van der Waals surface area contributed by atoms with E-state index >= 15 is 0 Å². The molecule has 4 aliphatic rings. The number of piperidine rings is 1. The first kappa shape index (κ1) is 42.4. The summed E-state index contributed by atoms with van der Waals surface area (Å²) in [7, 11) is 0. The number of hydrogen-bond donors (Lipinski definition) is 1. The van der Waals surface area contributed by atoms with Gasteiger partial charge in [0, 0.05) is 71.4 Å². The third kappa shape index (κ3) is 8.25. The van der Waals surface area contributed by atoms with Crippen molar-refractivity contribution in [2.24, 2.45) is 0 Å². The van der Waals surface area contributed by atoms with Crippen molar-refractivity contribution in [2.45, 2.75) is 142 Å². The molecular weight excluding hydrogens is 731 g/mol. The SMILES string of the molecule is CCN1C(=CC=C2CCCC(C=CC3=[N+](CC)c4ccccc4C3(C)C)=C2Oc2ccc(CCC(=O)OC3CC(C)(C)N(O)C(C)(C)C3)cc2)C(C)(C)c2ccccc21. The molecule has 0 radical (unpaired) electrons. The molecule has 7 heteroatoms. The number of nitrogens with zero attached hydrogens (tertiary/aromatic N) is 3. The van der Waals surface area contributed by atoms with Gasteiger partial charge in [0.1, 0.15) is 24.2 Å². The number of fused-ring (bicyclic) bond motifs is 2. The van der Waals surface area contributed by atoms with Crippen LogP contribution in [0.15, 0.2) is 120 Å². The summed E-state index contributed by atoms with van der Waals surface area (Å²) in [6.07, 6.45) is 14.0. The molecule has 3 heterocycles. The summed E-state index contributed by atoms with van der Waals surface area (Å²) < 4.78 is 15.4. The normalized spacial score (nSPS) is 22.4. The molecule has 0 unspecified atom stereocenters. The maximum Gasteiger partial charge on any atom is 0.306 e. The van der Waals surface area contributed by atoms with Gasteiger partial charge in [-0.25, -0.2) is 0 Å². The van der Waals surface area contributed by atoms with Gasteiger partial charge in [-0.15, -0.1) is 0 Å². The Balaban J connectivity index is 1.16. The molecule has 1 N–H and O–H groups in total. The number of allylic oxidation sites excluding steroid dienone is 7. The highest BCUT2D eigenvalue weighted by Gasteiger charge is 2.47. The Hall–Kier alpha value is -4.72. The van der Waals surface area contributed by atoms with E-state index in [0.29, 0.717) is 25.7 Å². The summed E-state index contributed by atoms with van der Waals surface area (Å²) in [6.45, 7) is 23.5. The molecule has 312 valence electrons. The molecule has 1 fully saturated rings. The van der Waals surface area contributed by atoms with Crippen LogP contribution in [-0.2, 0) is 26.8 Å². The van der Waals surface area contributed by atoms with Crippen LogP contribution in [0.2, 0.25) is 0 Å². The second kappa shape index (κ2) is 16.4. The van der Waals surface area contributed by atoms with Crippen LogP contribution in [0.3, 0.4) is 0 Å². The van der Waals surface area contributed by atoms with Crippen LogP contribution < -0.4 is 9.64 Å². The third-order valence-corrected chi connectivity index (χ3v) is 13.3. The number of carbonyl (C=O) groups excluding carboxylic acids is 1. The van der Waals surface area contributed by atoms with Crippen molar-refractivity contribution >= 4 is 23.1 Å². The Labute approximate surface area is 353 Å². The second-order valence-corrected chi connectivity index (χ2v) is 19.1. The van der Waals surface area contributed by atoms with Crippen molar-refractivity contribution in [1.82, 2.24) is 5.06 Å². The van der Waals surface area contributed by atoms with Crippen molar-refractivity contribution < 1.29 is 24.1 Å². The van der Waals surface area contributed by atoms with E-state index in [1.165, 1.54) is 50.1 Å². The lowest BCUT2D eigenvalue weighted by Gasteiger charge is -2.50. The number of ether oxygens (including phenoxy) is 2. The van der Waals surface area contributed by atoms with Crippen LogP contribution >= 0.6 is 0 Å². The summed E-state index contributed by atoms with van der Waals surface area (Å²) in [6, 6.07) is 25.7. The van der Waals surface area contributed by atoms with E-state index in [1.807, 2.05) is 39.8 Å². The number of rotatable bonds is 11. The largest absolute Gasteiger partial charge is 0.462 e. The third-order valence-electron chi connectivity index (χ3n) is 13.3. The van der Waals surface area contributed by atoms with Crippen molar-refractivity contribution in [3.8, 4) is 5.75 Å². The Morgan fingerprint density at radius 3 is 2.15 bits per heavy atom. The van der Waals surface area contributed by atoms with Gasteiger partial charge in [0.25, 0.3) is 0 Å². The lowest BCUT2D eigenvalue weighted by molar-refractivity contribution is -0.433. The standard InChI is InChI=1S/C52H66N3O4/c1-11-53-43-22-15-13-20-41(43)51(7,8)45(53)31-27-37-18-17-19-38(28-32-46-52(9,10)42-21-14-16-23-44(42)54(46)12-2)48(37)59-39-29-24-36(25-30-39)26-33-47(56)58-40-34-49(3,4)55(57)50(5,6)35-40/h13-16,20-25,27-32,40,57H,11-12,17-19,26,33-35H2,1-10H3/q+1. The van der Waals surface area contributed by atoms with Crippen molar-refractivity contribution in [3.05, 3.63) is 136 Å². The average Bonchev–Trinajstić information content (AvgIpc) is 3.56. The number of para-hydroxylation sites is 2. The lowest BCUT2D eigenvalue weighted by Crippen LogP contribution is -2.60. The number of hydroxylamine groups is 2. The smallest absolute Gasteiger partial charge is 0.306 e.